The van der Waals surface area contributed by atoms with Crippen LogP contribution in [0, 0.1) is 13.8 Å². The Morgan fingerprint density at radius 1 is 1.03 bits per heavy atom. The quantitative estimate of drug-likeness (QED) is 0.401. The van der Waals surface area contributed by atoms with Gasteiger partial charge in [-0.1, -0.05) is 11.6 Å². The maximum absolute atomic E-state index is 12.4. The number of ether oxygens (including phenoxy) is 1. The van der Waals surface area contributed by atoms with E-state index in [1.54, 1.807) is 15.6 Å². The van der Waals surface area contributed by atoms with Crippen LogP contribution in [0.5, 0.6) is 0 Å². The zero-order valence-electron chi connectivity index (χ0n) is 20.5. The van der Waals surface area contributed by atoms with E-state index in [9.17, 15) is 4.79 Å². The number of imidazole rings is 1. The van der Waals surface area contributed by atoms with Crippen LogP contribution in [-0.4, -0.2) is 67.3 Å². The van der Waals surface area contributed by atoms with Crippen molar-refractivity contribution in [3.8, 4) is 11.4 Å². The number of hydrogen-bond acceptors (Lipinski definition) is 7. The number of halogens is 1. The molecule has 0 bridgehead atoms. The number of aromatic nitrogens is 5. The molecule has 0 spiro atoms. The van der Waals surface area contributed by atoms with E-state index in [2.05, 4.69) is 20.0 Å². The average Bonchev–Trinajstić information content (AvgIpc) is 3.18. The summed E-state index contributed by atoms with van der Waals surface area (Å²) in [7, 11) is 0. The molecule has 182 valence electrons. The highest BCUT2D eigenvalue weighted by atomic mass is 35.5. The third-order valence-corrected chi connectivity index (χ3v) is 6.20. The first-order valence-corrected chi connectivity index (χ1v) is 12.0. The van der Waals surface area contributed by atoms with Crippen LogP contribution in [-0.2, 0) is 4.74 Å². The van der Waals surface area contributed by atoms with Gasteiger partial charge in [0.2, 0.25) is 0 Å². The highest BCUT2D eigenvalue weighted by Crippen LogP contribution is 2.30. The van der Waals surface area contributed by atoms with Crippen LogP contribution in [0.4, 0.5) is 10.5 Å². The first-order chi connectivity index (χ1) is 16.6. The van der Waals surface area contributed by atoms with Gasteiger partial charge in [0, 0.05) is 31.6 Å². The molecule has 5 heterocycles. The van der Waals surface area contributed by atoms with Gasteiger partial charge in [0.25, 0.3) is 0 Å². The molecule has 4 aromatic rings. The lowest BCUT2D eigenvalue weighted by molar-refractivity contribution is 0.0240. The van der Waals surface area contributed by atoms with Crippen molar-refractivity contribution < 1.29 is 9.53 Å². The van der Waals surface area contributed by atoms with Crippen LogP contribution >= 0.6 is 11.6 Å². The number of fused-ring (bicyclic) bond motifs is 2. The second-order valence-corrected chi connectivity index (χ2v) is 10.3. The Morgan fingerprint density at radius 3 is 2.49 bits per heavy atom. The number of nitrogens with zero attached hydrogens (tertiary/aromatic N) is 7. The second-order valence-electron chi connectivity index (χ2n) is 9.87. The lowest BCUT2D eigenvalue weighted by Crippen LogP contribution is -2.50. The Balaban J connectivity index is 1.38. The normalized spacial score (nSPS) is 14.7. The molecular formula is C25H28ClN7O2. The standard InChI is InChI=1S/C25H28ClN7O2/c1-15-10-21(30-33-14-16(2)28-23(15)33)20-12-19(26)18-11-17(13-27-22(18)29-20)31-6-8-32(9-7-31)24(34)35-25(3,4)5/h10-14H,6-9H2,1-5H3. The van der Waals surface area contributed by atoms with Gasteiger partial charge in [0.15, 0.2) is 11.3 Å². The molecule has 1 amide bonds. The maximum Gasteiger partial charge on any atom is 0.410 e. The van der Waals surface area contributed by atoms with E-state index >= 15 is 0 Å². The van der Waals surface area contributed by atoms with Crippen molar-refractivity contribution in [2.75, 3.05) is 31.1 Å². The van der Waals surface area contributed by atoms with Gasteiger partial charge in [-0.2, -0.15) is 5.10 Å². The summed E-state index contributed by atoms with van der Waals surface area (Å²) in [6.07, 6.45) is 3.42. The molecule has 0 unspecified atom stereocenters. The maximum atomic E-state index is 12.4. The van der Waals surface area contributed by atoms with Gasteiger partial charge < -0.3 is 14.5 Å². The molecule has 1 aliphatic heterocycles. The number of carbonyl (C=O) groups excluding carboxylic acids is 1. The summed E-state index contributed by atoms with van der Waals surface area (Å²) < 4.78 is 7.26. The summed E-state index contributed by atoms with van der Waals surface area (Å²) in [4.78, 5) is 30.1. The number of rotatable bonds is 2. The molecule has 0 N–H and O–H groups in total. The Bertz CT molecular complexity index is 1440. The van der Waals surface area contributed by atoms with Crippen molar-refractivity contribution in [2.24, 2.45) is 0 Å². The number of carbonyl (C=O) groups is 1. The lowest BCUT2D eigenvalue weighted by atomic mass is 10.1. The van der Waals surface area contributed by atoms with Gasteiger partial charge in [-0.25, -0.2) is 24.3 Å². The molecule has 1 saturated heterocycles. The fraction of sp³-hybridized carbons (Fsp3) is 0.400. The van der Waals surface area contributed by atoms with Crippen LogP contribution < -0.4 is 4.90 Å². The summed E-state index contributed by atoms with van der Waals surface area (Å²) in [5.41, 5.74) is 5.11. The van der Waals surface area contributed by atoms with E-state index in [1.807, 2.05) is 59.0 Å². The highest BCUT2D eigenvalue weighted by Gasteiger charge is 2.26. The Morgan fingerprint density at radius 2 is 1.77 bits per heavy atom. The Hall–Kier alpha value is -3.46. The van der Waals surface area contributed by atoms with E-state index in [1.165, 1.54) is 0 Å². The fourth-order valence-electron chi connectivity index (χ4n) is 4.20. The molecule has 0 radical (unpaired) electrons. The third kappa shape index (κ3) is 4.73. The molecule has 5 rings (SSSR count). The van der Waals surface area contributed by atoms with Crippen molar-refractivity contribution in [1.29, 1.82) is 0 Å². The second kappa shape index (κ2) is 8.64. The molecule has 0 aliphatic carbocycles. The van der Waals surface area contributed by atoms with Crippen LogP contribution in [0.25, 0.3) is 28.1 Å². The summed E-state index contributed by atoms with van der Waals surface area (Å²) >= 11 is 6.70. The minimum Gasteiger partial charge on any atom is -0.444 e. The largest absolute Gasteiger partial charge is 0.444 e. The molecule has 1 fully saturated rings. The van der Waals surface area contributed by atoms with Crippen molar-refractivity contribution in [3.05, 3.63) is 46.9 Å². The zero-order valence-corrected chi connectivity index (χ0v) is 21.3. The van der Waals surface area contributed by atoms with Gasteiger partial charge >= 0.3 is 6.09 Å². The molecule has 35 heavy (non-hydrogen) atoms. The summed E-state index contributed by atoms with van der Waals surface area (Å²) in [5, 5.41) is 6.00. The van der Waals surface area contributed by atoms with Gasteiger partial charge in [-0.3, -0.25) is 0 Å². The number of pyridine rings is 2. The van der Waals surface area contributed by atoms with Crippen molar-refractivity contribution in [3.63, 3.8) is 0 Å². The van der Waals surface area contributed by atoms with E-state index in [0.29, 0.717) is 48.2 Å². The minimum atomic E-state index is -0.503. The van der Waals surface area contributed by atoms with E-state index in [4.69, 9.17) is 21.3 Å². The number of aryl methyl sites for hydroxylation is 2. The topological polar surface area (TPSA) is 88.8 Å². The van der Waals surface area contributed by atoms with Gasteiger partial charge in [-0.15, -0.1) is 0 Å². The van der Waals surface area contributed by atoms with Crippen LogP contribution in [0.2, 0.25) is 5.02 Å². The zero-order chi connectivity index (χ0) is 24.9. The molecule has 9 nitrogen and oxygen atoms in total. The molecule has 0 saturated carbocycles. The number of piperazine rings is 1. The van der Waals surface area contributed by atoms with Crippen LogP contribution in [0.15, 0.2) is 30.6 Å². The van der Waals surface area contributed by atoms with Crippen molar-refractivity contribution in [1.82, 2.24) is 29.5 Å². The molecule has 1 aliphatic rings. The monoisotopic (exact) mass is 493 g/mol. The molecular weight excluding hydrogens is 466 g/mol. The van der Waals surface area contributed by atoms with Crippen molar-refractivity contribution >= 4 is 40.1 Å². The minimum absolute atomic E-state index is 0.276. The van der Waals surface area contributed by atoms with Crippen LogP contribution in [0.1, 0.15) is 32.0 Å². The third-order valence-electron chi connectivity index (χ3n) is 5.89. The number of amides is 1. The molecule has 4 aromatic heterocycles. The van der Waals surface area contributed by atoms with Gasteiger partial charge in [0.1, 0.15) is 11.3 Å². The average molecular weight is 494 g/mol. The lowest BCUT2D eigenvalue weighted by Gasteiger charge is -2.36. The molecule has 10 heteroatoms. The highest BCUT2D eigenvalue weighted by molar-refractivity contribution is 6.35. The van der Waals surface area contributed by atoms with E-state index < -0.39 is 5.60 Å². The Kier molecular flexibility index (Phi) is 5.75. The number of hydrogen-bond donors (Lipinski definition) is 0. The van der Waals surface area contributed by atoms with E-state index in [0.717, 1.165) is 28.0 Å². The van der Waals surface area contributed by atoms with Gasteiger partial charge in [0.05, 0.1) is 34.5 Å². The Labute approximate surface area is 208 Å². The predicted octanol–water partition coefficient (Wildman–Crippen LogP) is 4.67. The fourth-order valence-corrected chi connectivity index (χ4v) is 4.45. The molecule has 0 atom stereocenters. The van der Waals surface area contributed by atoms with Crippen LogP contribution in [0.3, 0.4) is 0 Å². The first kappa shape index (κ1) is 23.3. The molecule has 0 aromatic carbocycles. The van der Waals surface area contributed by atoms with Gasteiger partial charge in [-0.05, 0) is 58.4 Å². The number of anilines is 1. The smallest absolute Gasteiger partial charge is 0.410 e. The SMILES string of the molecule is Cc1cn2nc(-c3cc(Cl)c4cc(N5CCN(C(=O)OC(C)(C)C)CC5)cnc4n3)cc(C)c2n1. The predicted molar refractivity (Wildman–Crippen MR) is 136 cm³/mol. The summed E-state index contributed by atoms with van der Waals surface area (Å²) in [5.74, 6) is 0. The first-order valence-electron chi connectivity index (χ1n) is 11.6. The summed E-state index contributed by atoms with van der Waals surface area (Å²) in [6, 6.07) is 5.80. The van der Waals surface area contributed by atoms with E-state index in [-0.39, 0.29) is 6.09 Å². The summed E-state index contributed by atoms with van der Waals surface area (Å²) in [6.45, 7) is 12.1. The van der Waals surface area contributed by atoms with Crippen molar-refractivity contribution in [2.45, 2.75) is 40.2 Å².